The number of allylic oxidation sites excluding steroid dienone is 3. The molecule has 1 amide bonds. The summed E-state index contributed by atoms with van der Waals surface area (Å²) in [6.07, 6.45) is 9.19. The summed E-state index contributed by atoms with van der Waals surface area (Å²) in [6, 6.07) is 14.6. The normalized spacial score (nSPS) is 17.2. The number of nitrogens with one attached hydrogen (secondary N) is 1. The largest absolute Gasteiger partial charge is 0.371 e. The molecular weight excluding hydrogens is 522 g/mol. The molecule has 6 heteroatoms. The SMILES string of the molecule is C=C1C=C(C(=O)CCc2cc(C(=O)NCCCCC(C)=O)ccc2N2CCC(c3ccccc3C)CC2)N=C1C1CC1. The van der Waals surface area contributed by atoms with Crippen molar-refractivity contribution in [3.63, 3.8) is 0 Å². The van der Waals surface area contributed by atoms with Gasteiger partial charge in [0.15, 0.2) is 5.78 Å². The third-order valence-electron chi connectivity index (χ3n) is 8.80. The first-order chi connectivity index (χ1) is 20.3. The Morgan fingerprint density at radius 3 is 2.45 bits per heavy atom. The Kier molecular flexibility index (Phi) is 9.51. The molecule has 2 aliphatic heterocycles. The van der Waals surface area contributed by atoms with Gasteiger partial charge >= 0.3 is 0 Å². The van der Waals surface area contributed by atoms with Crippen molar-refractivity contribution in [3.8, 4) is 0 Å². The second-order valence-electron chi connectivity index (χ2n) is 12.1. The van der Waals surface area contributed by atoms with Crippen LogP contribution < -0.4 is 10.2 Å². The van der Waals surface area contributed by atoms with Crippen molar-refractivity contribution < 1.29 is 14.4 Å². The van der Waals surface area contributed by atoms with E-state index in [0.29, 0.717) is 48.9 Å². The Hall–Kier alpha value is -3.80. The van der Waals surface area contributed by atoms with Gasteiger partial charge in [-0.2, -0.15) is 0 Å². The molecule has 2 aromatic carbocycles. The zero-order valence-electron chi connectivity index (χ0n) is 25.1. The van der Waals surface area contributed by atoms with Gasteiger partial charge in [0.1, 0.15) is 11.5 Å². The second kappa shape index (κ2) is 13.5. The fourth-order valence-electron chi connectivity index (χ4n) is 6.22. The lowest BCUT2D eigenvalue weighted by atomic mass is 9.86. The van der Waals surface area contributed by atoms with Crippen LogP contribution in [0.15, 0.2) is 71.4 Å². The van der Waals surface area contributed by atoms with Crippen LogP contribution in [0.5, 0.6) is 0 Å². The molecule has 6 nitrogen and oxygen atoms in total. The van der Waals surface area contributed by atoms with Crippen LogP contribution in [0.1, 0.15) is 91.3 Å². The fraction of sp³-hybridized carbons (Fsp3) is 0.444. The molecule has 220 valence electrons. The van der Waals surface area contributed by atoms with Crippen LogP contribution in [0.3, 0.4) is 0 Å². The Balaban J connectivity index is 1.28. The number of aryl methyl sites for hydroxylation is 2. The smallest absolute Gasteiger partial charge is 0.251 e. The minimum atomic E-state index is -0.122. The van der Waals surface area contributed by atoms with Crippen molar-refractivity contribution in [1.82, 2.24) is 5.32 Å². The Morgan fingerprint density at radius 1 is 0.976 bits per heavy atom. The van der Waals surface area contributed by atoms with Crippen LogP contribution in [0.2, 0.25) is 0 Å². The van der Waals surface area contributed by atoms with E-state index in [2.05, 4.69) is 59.0 Å². The minimum Gasteiger partial charge on any atom is -0.371 e. The van der Waals surface area contributed by atoms with Gasteiger partial charge in [-0.05, 0) is 111 Å². The number of rotatable bonds is 13. The summed E-state index contributed by atoms with van der Waals surface area (Å²) in [5.74, 6) is 1.08. The van der Waals surface area contributed by atoms with Gasteiger partial charge in [0, 0.05) is 49.6 Å². The van der Waals surface area contributed by atoms with Crippen LogP contribution in [0.4, 0.5) is 5.69 Å². The van der Waals surface area contributed by atoms with Gasteiger partial charge in [-0.3, -0.25) is 9.59 Å². The number of anilines is 1. The van der Waals surface area contributed by atoms with E-state index in [9.17, 15) is 14.4 Å². The molecule has 42 heavy (non-hydrogen) atoms. The first kappa shape index (κ1) is 29.7. The van der Waals surface area contributed by atoms with E-state index in [1.54, 1.807) is 6.92 Å². The monoisotopic (exact) mass is 565 g/mol. The van der Waals surface area contributed by atoms with Gasteiger partial charge in [0.25, 0.3) is 5.91 Å². The Morgan fingerprint density at radius 2 is 1.74 bits per heavy atom. The summed E-state index contributed by atoms with van der Waals surface area (Å²) in [5.41, 5.74) is 7.89. The fourth-order valence-corrected chi connectivity index (χ4v) is 6.22. The molecule has 1 saturated carbocycles. The predicted molar refractivity (Wildman–Crippen MR) is 169 cm³/mol. The molecule has 0 unspecified atom stereocenters. The molecule has 1 aliphatic carbocycles. The number of carbonyl (C=O) groups excluding carboxylic acids is 3. The number of nitrogens with zero attached hydrogens (tertiary/aromatic N) is 2. The number of Topliss-reactive ketones (excluding diaryl/α,β-unsaturated/α-hetero) is 2. The summed E-state index contributed by atoms with van der Waals surface area (Å²) < 4.78 is 0. The third kappa shape index (κ3) is 7.33. The van der Waals surface area contributed by atoms with Gasteiger partial charge in [-0.25, -0.2) is 4.99 Å². The lowest BCUT2D eigenvalue weighted by molar-refractivity contribution is -0.117. The van der Waals surface area contributed by atoms with Crippen LogP contribution >= 0.6 is 0 Å². The number of carbonyl (C=O) groups is 3. The summed E-state index contributed by atoms with van der Waals surface area (Å²) in [6.45, 7) is 10.3. The second-order valence-corrected chi connectivity index (χ2v) is 12.1. The molecule has 5 rings (SSSR count). The third-order valence-corrected chi connectivity index (χ3v) is 8.80. The molecule has 1 saturated heterocycles. The lowest BCUT2D eigenvalue weighted by Gasteiger charge is -2.35. The molecule has 2 fully saturated rings. The average molecular weight is 566 g/mol. The number of unbranched alkanes of at least 4 members (excludes halogenated alkanes) is 1. The summed E-state index contributed by atoms with van der Waals surface area (Å²) in [7, 11) is 0. The first-order valence-electron chi connectivity index (χ1n) is 15.5. The highest BCUT2D eigenvalue weighted by molar-refractivity contribution is 6.13. The highest BCUT2D eigenvalue weighted by Crippen LogP contribution is 2.37. The average Bonchev–Trinajstić information content (AvgIpc) is 3.76. The lowest BCUT2D eigenvalue weighted by Crippen LogP contribution is -2.34. The molecule has 0 bridgehead atoms. The molecule has 0 radical (unpaired) electrons. The molecule has 2 aromatic rings. The zero-order chi connectivity index (χ0) is 29.6. The van der Waals surface area contributed by atoms with Crippen molar-refractivity contribution >= 4 is 28.9 Å². The van der Waals surface area contributed by atoms with Crippen LogP contribution in [-0.2, 0) is 16.0 Å². The standard InChI is InChI=1S/C36H43N3O3/c1-24-8-4-5-10-31(24)27-17-20-39(21-18-27)33-15-13-30(36(42)37-19-7-6-9-26(3)40)23-29(33)14-16-34(41)32-22-25(2)35(38-32)28-11-12-28/h4-5,8,10,13,15,22-23,27-28H,2,6-7,9,11-12,14,16-21H2,1,3H3,(H,37,42). The van der Waals surface area contributed by atoms with Crippen LogP contribution in [0, 0.1) is 12.8 Å². The van der Waals surface area contributed by atoms with Crippen LogP contribution in [0.25, 0.3) is 0 Å². The van der Waals surface area contributed by atoms with E-state index in [0.717, 1.165) is 74.2 Å². The molecule has 0 spiro atoms. The number of hydrogen-bond acceptors (Lipinski definition) is 5. The molecular formula is C36H43N3O3. The summed E-state index contributed by atoms with van der Waals surface area (Å²) in [4.78, 5) is 44.5. The number of amides is 1. The zero-order valence-corrected chi connectivity index (χ0v) is 25.1. The summed E-state index contributed by atoms with van der Waals surface area (Å²) >= 11 is 0. The number of aliphatic imine (C=N–C) groups is 1. The Bertz CT molecular complexity index is 1420. The van der Waals surface area contributed by atoms with Crippen molar-refractivity contribution in [2.75, 3.05) is 24.5 Å². The predicted octanol–water partition coefficient (Wildman–Crippen LogP) is 6.67. The van der Waals surface area contributed by atoms with Crippen LogP contribution in [-0.4, -0.2) is 42.8 Å². The van der Waals surface area contributed by atoms with Crippen molar-refractivity contribution in [1.29, 1.82) is 0 Å². The number of hydrogen-bond donors (Lipinski definition) is 1. The molecule has 3 aliphatic rings. The van der Waals surface area contributed by atoms with E-state index < -0.39 is 0 Å². The number of benzene rings is 2. The van der Waals surface area contributed by atoms with E-state index >= 15 is 0 Å². The molecule has 0 atom stereocenters. The van der Waals surface area contributed by atoms with Gasteiger partial charge in [0.05, 0.1) is 5.71 Å². The highest BCUT2D eigenvalue weighted by Gasteiger charge is 2.32. The maximum atomic E-state index is 13.2. The molecule has 0 aromatic heterocycles. The maximum absolute atomic E-state index is 13.2. The first-order valence-corrected chi connectivity index (χ1v) is 15.5. The maximum Gasteiger partial charge on any atom is 0.251 e. The van der Waals surface area contributed by atoms with Crippen molar-refractivity contribution in [2.45, 2.75) is 77.6 Å². The van der Waals surface area contributed by atoms with E-state index in [1.807, 2.05) is 18.2 Å². The van der Waals surface area contributed by atoms with Crippen molar-refractivity contribution in [3.05, 3.63) is 88.6 Å². The highest BCUT2D eigenvalue weighted by atomic mass is 16.1. The molecule has 1 N–H and O–H groups in total. The van der Waals surface area contributed by atoms with Gasteiger partial charge in [-0.1, -0.05) is 30.8 Å². The van der Waals surface area contributed by atoms with E-state index in [1.165, 1.54) is 11.1 Å². The molecule has 2 heterocycles. The Labute approximate surface area is 250 Å². The quantitative estimate of drug-likeness (QED) is 0.275. The van der Waals surface area contributed by atoms with E-state index in [-0.39, 0.29) is 17.5 Å². The number of piperidine rings is 1. The van der Waals surface area contributed by atoms with Gasteiger partial charge in [0.2, 0.25) is 0 Å². The van der Waals surface area contributed by atoms with Crippen molar-refractivity contribution in [2.24, 2.45) is 10.9 Å². The topological polar surface area (TPSA) is 78.8 Å². The summed E-state index contributed by atoms with van der Waals surface area (Å²) in [5, 5.41) is 3.00. The van der Waals surface area contributed by atoms with Gasteiger partial charge < -0.3 is 15.0 Å². The van der Waals surface area contributed by atoms with Gasteiger partial charge in [-0.15, -0.1) is 0 Å². The minimum absolute atomic E-state index is 0.0244. The van der Waals surface area contributed by atoms with E-state index in [4.69, 9.17) is 0 Å². The number of ketones is 2.